The lowest BCUT2D eigenvalue weighted by molar-refractivity contribution is -0.141. The molecule has 0 amide bonds. The van der Waals surface area contributed by atoms with Gasteiger partial charge in [-0.15, -0.1) is 0 Å². The minimum Gasteiger partial charge on any atom is -0.493 e. The van der Waals surface area contributed by atoms with Gasteiger partial charge in [-0.3, -0.25) is 0 Å². The fourth-order valence-electron chi connectivity index (χ4n) is 2.73. The van der Waals surface area contributed by atoms with Gasteiger partial charge in [-0.25, -0.2) is 4.79 Å². The van der Waals surface area contributed by atoms with Gasteiger partial charge in [0, 0.05) is 12.1 Å². The van der Waals surface area contributed by atoms with Gasteiger partial charge in [0.1, 0.15) is 16.6 Å². The van der Waals surface area contributed by atoms with Gasteiger partial charge in [-0.05, 0) is 25.0 Å². The summed E-state index contributed by atoms with van der Waals surface area (Å²) in [5.74, 6) is -1.60. The number of ether oxygens (including phenoxy) is 2. The summed E-state index contributed by atoms with van der Waals surface area (Å²) >= 11 is 5.25. The van der Waals surface area contributed by atoms with Crippen molar-refractivity contribution in [2.24, 2.45) is 0 Å². The third-order valence-corrected chi connectivity index (χ3v) is 4.30. The van der Waals surface area contributed by atoms with E-state index in [1.54, 1.807) is 0 Å². The second-order valence-corrected chi connectivity index (χ2v) is 5.64. The van der Waals surface area contributed by atoms with E-state index >= 15 is 0 Å². The number of hydrogen-bond donors (Lipinski definition) is 1. The van der Waals surface area contributed by atoms with Crippen molar-refractivity contribution < 1.29 is 32.5 Å². The molecule has 1 saturated heterocycles. The van der Waals surface area contributed by atoms with E-state index in [9.17, 15) is 23.1 Å². The van der Waals surface area contributed by atoms with Gasteiger partial charge < -0.3 is 19.5 Å². The lowest BCUT2D eigenvalue weighted by atomic mass is 10.1. The molecule has 0 aromatic heterocycles. The molecule has 1 aliphatic rings. The molecule has 0 bridgehead atoms. The Labute approximate surface area is 142 Å². The van der Waals surface area contributed by atoms with Crippen LogP contribution in [-0.2, 0) is 11.0 Å². The number of carboxylic acid groups (broad SMARTS) is 1. The molecule has 1 aliphatic heterocycles. The zero-order chi connectivity index (χ0) is 18.1. The molecule has 1 heterocycles. The highest BCUT2D eigenvalue weighted by Crippen LogP contribution is 2.42. The highest BCUT2D eigenvalue weighted by atomic mass is 32.1. The van der Waals surface area contributed by atoms with Crippen molar-refractivity contribution >= 4 is 23.2 Å². The average molecular weight is 363 g/mol. The van der Waals surface area contributed by atoms with E-state index in [0.29, 0.717) is 19.4 Å². The zero-order valence-electron chi connectivity index (χ0n) is 13.0. The quantitative estimate of drug-likeness (QED) is 0.830. The van der Waals surface area contributed by atoms with Crippen LogP contribution < -0.4 is 9.47 Å². The van der Waals surface area contributed by atoms with Crippen LogP contribution in [-0.4, -0.2) is 47.8 Å². The Kier molecular flexibility index (Phi) is 5.22. The predicted molar refractivity (Wildman–Crippen MR) is 83.6 cm³/mol. The molecule has 0 spiro atoms. The third kappa shape index (κ3) is 3.40. The van der Waals surface area contributed by atoms with Crippen molar-refractivity contribution in [1.29, 1.82) is 0 Å². The largest absolute Gasteiger partial charge is 0.493 e. The summed E-state index contributed by atoms with van der Waals surface area (Å²) in [5.41, 5.74) is -0.948. The van der Waals surface area contributed by atoms with Crippen LogP contribution in [0.4, 0.5) is 13.2 Å². The first-order chi connectivity index (χ1) is 11.2. The molecule has 24 heavy (non-hydrogen) atoms. The molecule has 1 fully saturated rings. The van der Waals surface area contributed by atoms with E-state index in [1.807, 2.05) is 0 Å². The molecule has 2 rings (SSSR count). The molecule has 0 unspecified atom stereocenters. The normalized spacial score (nSPS) is 17.7. The SMILES string of the molecule is COc1cc(C(=S)N2CCC[C@@H]2C(=O)O)cc(C(F)(F)F)c1OC. The Morgan fingerprint density at radius 3 is 2.50 bits per heavy atom. The Bertz CT molecular complexity index is 663. The molecular formula is C15H16F3NO4S. The molecule has 9 heteroatoms. The molecular weight excluding hydrogens is 347 g/mol. The average Bonchev–Trinajstić information content (AvgIpc) is 3.01. The molecule has 1 atom stereocenters. The monoisotopic (exact) mass is 363 g/mol. The maximum Gasteiger partial charge on any atom is 0.420 e. The van der Waals surface area contributed by atoms with Gasteiger partial charge in [-0.1, -0.05) is 12.2 Å². The standard InChI is InChI=1S/C15H16F3NO4S/c1-22-11-7-8(6-9(12(11)23-2)15(16,17)18)13(24)19-5-3-4-10(19)14(20)21/h6-7,10H,3-5H2,1-2H3,(H,20,21)/t10-/m1/s1. The Balaban J connectivity index is 2.50. The third-order valence-electron chi connectivity index (χ3n) is 3.83. The number of alkyl halides is 3. The molecule has 132 valence electrons. The van der Waals surface area contributed by atoms with Gasteiger partial charge in [-0.2, -0.15) is 13.2 Å². The number of methoxy groups -OCH3 is 2. The van der Waals surface area contributed by atoms with E-state index in [2.05, 4.69) is 0 Å². The van der Waals surface area contributed by atoms with Crippen LogP contribution in [0.1, 0.15) is 24.0 Å². The van der Waals surface area contributed by atoms with Crippen molar-refractivity contribution in [3.05, 3.63) is 23.3 Å². The van der Waals surface area contributed by atoms with E-state index in [0.717, 1.165) is 13.2 Å². The molecule has 1 aromatic carbocycles. The summed E-state index contributed by atoms with van der Waals surface area (Å²) in [4.78, 5) is 12.7. The summed E-state index contributed by atoms with van der Waals surface area (Å²) in [5, 5.41) is 9.22. The molecule has 5 nitrogen and oxygen atoms in total. The molecule has 0 saturated carbocycles. The van der Waals surface area contributed by atoms with Gasteiger partial charge in [0.15, 0.2) is 11.5 Å². The van der Waals surface area contributed by atoms with Crippen molar-refractivity contribution in [2.75, 3.05) is 20.8 Å². The zero-order valence-corrected chi connectivity index (χ0v) is 13.8. The second kappa shape index (κ2) is 6.84. The highest BCUT2D eigenvalue weighted by molar-refractivity contribution is 7.80. The second-order valence-electron chi connectivity index (χ2n) is 5.25. The summed E-state index contributed by atoms with van der Waals surface area (Å²) in [6.45, 7) is 0.380. The smallest absolute Gasteiger partial charge is 0.420 e. The van der Waals surface area contributed by atoms with Crippen LogP contribution in [0.2, 0.25) is 0 Å². The first kappa shape index (κ1) is 18.3. The van der Waals surface area contributed by atoms with E-state index < -0.39 is 29.5 Å². The number of benzene rings is 1. The van der Waals surface area contributed by atoms with Gasteiger partial charge in [0.2, 0.25) is 0 Å². The predicted octanol–water partition coefficient (Wildman–Crippen LogP) is 2.95. The van der Waals surface area contributed by atoms with Gasteiger partial charge >= 0.3 is 12.1 Å². The van der Waals surface area contributed by atoms with Crippen LogP contribution in [0, 0.1) is 0 Å². The Morgan fingerprint density at radius 2 is 2.00 bits per heavy atom. The summed E-state index contributed by atoms with van der Waals surface area (Å²) < 4.78 is 49.7. The number of rotatable bonds is 4. The number of carbonyl (C=O) groups is 1. The number of carboxylic acids is 1. The van der Waals surface area contributed by atoms with Crippen molar-refractivity contribution in [2.45, 2.75) is 25.1 Å². The molecule has 0 aliphatic carbocycles. The fourth-order valence-corrected chi connectivity index (χ4v) is 3.07. The maximum absolute atomic E-state index is 13.3. The number of nitrogens with zero attached hydrogens (tertiary/aromatic N) is 1. The van der Waals surface area contributed by atoms with E-state index in [4.69, 9.17) is 21.7 Å². The summed E-state index contributed by atoms with van der Waals surface area (Å²) in [6, 6.07) is 1.36. The minimum absolute atomic E-state index is 0.0475. The highest BCUT2D eigenvalue weighted by Gasteiger charge is 2.38. The van der Waals surface area contributed by atoms with Gasteiger partial charge in [0.05, 0.1) is 14.2 Å². The fraction of sp³-hybridized carbons (Fsp3) is 0.467. The number of aliphatic carboxylic acids is 1. The van der Waals surface area contributed by atoms with Crippen LogP contribution >= 0.6 is 12.2 Å². The number of halogens is 3. The number of likely N-dealkylation sites (tertiary alicyclic amines) is 1. The minimum atomic E-state index is -4.67. The topological polar surface area (TPSA) is 59.0 Å². The Morgan fingerprint density at radius 1 is 1.33 bits per heavy atom. The molecule has 1 aromatic rings. The first-order valence-corrected chi connectivity index (χ1v) is 7.48. The summed E-state index contributed by atoms with van der Waals surface area (Å²) in [6.07, 6.45) is -3.66. The molecule has 0 radical (unpaired) electrons. The van der Waals surface area contributed by atoms with Crippen molar-refractivity contribution in [3.63, 3.8) is 0 Å². The summed E-state index contributed by atoms with van der Waals surface area (Å²) in [7, 11) is 2.34. The lowest BCUT2D eigenvalue weighted by Crippen LogP contribution is -2.40. The molecule has 1 N–H and O–H groups in total. The lowest BCUT2D eigenvalue weighted by Gasteiger charge is -2.25. The Hall–Kier alpha value is -2.03. The van der Waals surface area contributed by atoms with Crippen LogP contribution in [0.3, 0.4) is 0 Å². The first-order valence-electron chi connectivity index (χ1n) is 7.07. The number of hydrogen-bond acceptors (Lipinski definition) is 4. The van der Waals surface area contributed by atoms with Crippen molar-refractivity contribution in [1.82, 2.24) is 4.90 Å². The van der Waals surface area contributed by atoms with Crippen LogP contribution in [0.5, 0.6) is 11.5 Å². The van der Waals surface area contributed by atoms with Crippen LogP contribution in [0.25, 0.3) is 0 Å². The van der Waals surface area contributed by atoms with Gasteiger partial charge in [0.25, 0.3) is 0 Å². The van der Waals surface area contributed by atoms with Crippen LogP contribution in [0.15, 0.2) is 12.1 Å². The van der Waals surface area contributed by atoms with E-state index in [-0.39, 0.29) is 16.3 Å². The van der Waals surface area contributed by atoms with E-state index in [1.165, 1.54) is 18.1 Å². The maximum atomic E-state index is 13.3. The van der Waals surface area contributed by atoms with Crippen molar-refractivity contribution in [3.8, 4) is 11.5 Å². The number of thiocarbonyl (C=S) groups is 1.